The number of Topliss-reactive ketones (excluding diaryl/α,β-unsaturated/α-hetero) is 1. The Kier molecular flexibility index (Phi) is 6.52. The van der Waals surface area contributed by atoms with Crippen molar-refractivity contribution in [3.8, 4) is 0 Å². The molecule has 0 saturated carbocycles. The van der Waals surface area contributed by atoms with Crippen LogP contribution in [0, 0.1) is 0 Å². The maximum Gasteiger partial charge on any atom is 0.201 e. The largest absolute Gasteiger partial charge is 0.382 e. The van der Waals surface area contributed by atoms with E-state index in [1.165, 1.54) is 0 Å². The lowest BCUT2D eigenvalue weighted by atomic mass is 10.1. The molecule has 1 aromatic rings. The second-order valence-corrected chi connectivity index (χ2v) is 3.99. The van der Waals surface area contributed by atoms with E-state index in [0.29, 0.717) is 10.0 Å². The highest BCUT2D eigenvalue weighted by Crippen LogP contribution is 2.13. The number of rotatable bonds is 3. The fourth-order valence-electron chi connectivity index (χ4n) is 1.01. The van der Waals surface area contributed by atoms with Crippen LogP contribution in [0.3, 0.4) is 0 Å². The molecule has 15 heavy (non-hydrogen) atoms. The van der Waals surface area contributed by atoms with E-state index < -0.39 is 0 Å². The molecule has 2 nitrogen and oxygen atoms in total. The van der Waals surface area contributed by atoms with E-state index in [2.05, 4.69) is 15.9 Å². The Morgan fingerprint density at radius 3 is 2.27 bits per heavy atom. The number of nitrogens with zero attached hydrogens (tertiary/aromatic N) is 1. The van der Waals surface area contributed by atoms with E-state index >= 15 is 0 Å². The van der Waals surface area contributed by atoms with Gasteiger partial charge in [-0.05, 0) is 15.9 Å². The van der Waals surface area contributed by atoms with Crippen LogP contribution in [0.2, 0.25) is 0 Å². The van der Waals surface area contributed by atoms with Crippen LogP contribution in [-0.2, 0) is 0 Å². The molecule has 0 aliphatic heterocycles. The van der Waals surface area contributed by atoms with Gasteiger partial charge in [-0.15, -0.1) is 17.0 Å². The highest BCUT2D eigenvalue weighted by molar-refractivity contribution is 9.12. The predicted octanol–water partition coefficient (Wildman–Crippen LogP) is 3.25. The standard InChI is InChI=1S/C11H12BrNO.BrH/c1-13(2)8-10(12)11(14)9-6-4-3-5-7-9;/h3-8H,1-2H3;1H/b10-8-;. The highest BCUT2D eigenvalue weighted by Gasteiger charge is 2.08. The van der Waals surface area contributed by atoms with Gasteiger partial charge < -0.3 is 4.90 Å². The SMILES string of the molecule is Br.CN(C)/C=C(\Br)C(=O)c1ccccc1. The Labute approximate surface area is 109 Å². The zero-order valence-electron chi connectivity index (χ0n) is 8.61. The van der Waals surface area contributed by atoms with Crippen LogP contribution in [0.1, 0.15) is 10.4 Å². The van der Waals surface area contributed by atoms with Gasteiger partial charge in [-0.2, -0.15) is 0 Å². The molecule has 0 N–H and O–H groups in total. The van der Waals surface area contributed by atoms with Crippen LogP contribution in [-0.4, -0.2) is 24.8 Å². The monoisotopic (exact) mass is 333 g/mol. The molecule has 0 unspecified atom stereocenters. The Hall–Kier alpha value is -0.610. The van der Waals surface area contributed by atoms with Crippen LogP contribution >= 0.6 is 32.9 Å². The molecule has 4 heteroatoms. The van der Waals surface area contributed by atoms with Gasteiger partial charge in [-0.3, -0.25) is 4.79 Å². The maximum atomic E-state index is 11.7. The number of halogens is 2. The number of hydrogen-bond acceptors (Lipinski definition) is 2. The van der Waals surface area contributed by atoms with E-state index in [9.17, 15) is 4.79 Å². The van der Waals surface area contributed by atoms with Gasteiger partial charge in [-0.1, -0.05) is 30.3 Å². The minimum atomic E-state index is -0.000648. The van der Waals surface area contributed by atoms with Crippen molar-refractivity contribution in [1.29, 1.82) is 0 Å². The summed E-state index contributed by atoms with van der Waals surface area (Å²) in [6.07, 6.45) is 1.75. The third-order valence-corrected chi connectivity index (χ3v) is 2.19. The van der Waals surface area contributed by atoms with Crippen molar-refractivity contribution >= 4 is 38.7 Å². The van der Waals surface area contributed by atoms with Crippen LogP contribution in [0.5, 0.6) is 0 Å². The van der Waals surface area contributed by atoms with Crippen molar-refractivity contribution in [2.45, 2.75) is 0 Å². The quantitative estimate of drug-likeness (QED) is 0.624. The number of hydrogen-bond donors (Lipinski definition) is 0. The molecule has 0 fully saturated rings. The van der Waals surface area contributed by atoms with E-state index in [-0.39, 0.29) is 22.8 Å². The molecule has 0 aromatic heterocycles. The molecule has 82 valence electrons. The second-order valence-electron chi connectivity index (χ2n) is 3.14. The molecule has 0 spiro atoms. The van der Waals surface area contributed by atoms with Crippen LogP contribution in [0.25, 0.3) is 0 Å². The number of allylic oxidation sites excluding steroid dienone is 1. The van der Waals surface area contributed by atoms with Gasteiger partial charge in [0.05, 0.1) is 4.48 Å². The van der Waals surface area contributed by atoms with Gasteiger partial charge in [0.2, 0.25) is 5.78 Å². The molecule has 1 aromatic carbocycles. The number of carbonyl (C=O) groups is 1. The third kappa shape index (κ3) is 4.62. The Bertz CT molecular complexity index is 347. The fraction of sp³-hybridized carbons (Fsp3) is 0.182. The molecule has 0 atom stereocenters. The Balaban J connectivity index is 0.00000196. The fourth-order valence-corrected chi connectivity index (χ4v) is 1.65. The van der Waals surface area contributed by atoms with E-state index in [0.717, 1.165) is 0 Å². The Morgan fingerprint density at radius 1 is 1.27 bits per heavy atom. The van der Waals surface area contributed by atoms with Crippen molar-refractivity contribution in [3.63, 3.8) is 0 Å². The first-order chi connectivity index (χ1) is 6.61. The smallest absolute Gasteiger partial charge is 0.201 e. The van der Waals surface area contributed by atoms with Crippen molar-refractivity contribution in [3.05, 3.63) is 46.6 Å². The zero-order valence-corrected chi connectivity index (χ0v) is 11.9. The first-order valence-electron chi connectivity index (χ1n) is 4.25. The average molecular weight is 335 g/mol. The van der Waals surface area contributed by atoms with Gasteiger partial charge in [0.15, 0.2) is 0 Å². The summed E-state index contributed by atoms with van der Waals surface area (Å²) < 4.78 is 0.564. The van der Waals surface area contributed by atoms with Crippen LogP contribution in [0.4, 0.5) is 0 Å². The van der Waals surface area contributed by atoms with Crippen molar-refractivity contribution < 1.29 is 4.79 Å². The zero-order chi connectivity index (χ0) is 10.6. The number of benzene rings is 1. The molecule has 0 radical (unpaired) electrons. The molecular weight excluding hydrogens is 322 g/mol. The summed E-state index contributed by atoms with van der Waals surface area (Å²) in [7, 11) is 3.75. The lowest BCUT2D eigenvalue weighted by Gasteiger charge is -2.06. The lowest BCUT2D eigenvalue weighted by Crippen LogP contribution is -2.06. The molecule has 0 saturated heterocycles. The average Bonchev–Trinajstić information content (AvgIpc) is 2.17. The molecule has 0 amide bonds. The van der Waals surface area contributed by atoms with Crippen LogP contribution in [0.15, 0.2) is 41.0 Å². The molecule has 0 bridgehead atoms. The van der Waals surface area contributed by atoms with Gasteiger partial charge in [0.25, 0.3) is 0 Å². The summed E-state index contributed by atoms with van der Waals surface area (Å²) in [5.41, 5.74) is 0.692. The van der Waals surface area contributed by atoms with Crippen molar-refractivity contribution in [2.24, 2.45) is 0 Å². The number of carbonyl (C=O) groups excluding carboxylic acids is 1. The van der Waals surface area contributed by atoms with Crippen molar-refractivity contribution in [2.75, 3.05) is 14.1 Å². The van der Waals surface area contributed by atoms with E-state index in [1.54, 1.807) is 18.3 Å². The first kappa shape index (κ1) is 14.4. The summed E-state index contributed by atoms with van der Waals surface area (Å²) in [5.74, 6) is -0.000648. The lowest BCUT2D eigenvalue weighted by molar-refractivity contribution is 0.104. The molecular formula is C11H13Br2NO. The third-order valence-electron chi connectivity index (χ3n) is 1.62. The summed E-state index contributed by atoms with van der Waals surface area (Å²) in [6.45, 7) is 0. The summed E-state index contributed by atoms with van der Waals surface area (Å²) >= 11 is 3.25. The van der Waals surface area contributed by atoms with Gasteiger partial charge in [0.1, 0.15) is 0 Å². The van der Waals surface area contributed by atoms with Gasteiger partial charge in [-0.25, -0.2) is 0 Å². The number of ketones is 1. The van der Waals surface area contributed by atoms with E-state index in [1.807, 2.05) is 37.2 Å². The summed E-state index contributed by atoms with van der Waals surface area (Å²) in [4.78, 5) is 13.6. The summed E-state index contributed by atoms with van der Waals surface area (Å²) in [5, 5.41) is 0. The minimum Gasteiger partial charge on any atom is -0.382 e. The normalized spacial score (nSPS) is 10.5. The van der Waals surface area contributed by atoms with Gasteiger partial charge in [0, 0.05) is 25.9 Å². The summed E-state index contributed by atoms with van der Waals surface area (Å²) in [6, 6.07) is 9.19. The maximum absolute atomic E-state index is 11.7. The first-order valence-corrected chi connectivity index (χ1v) is 5.04. The molecule has 1 rings (SSSR count). The van der Waals surface area contributed by atoms with Gasteiger partial charge >= 0.3 is 0 Å². The molecule has 0 aliphatic rings. The van der Waals surface area contributed by atoms with Crippen LogP contribution < -0.4 is 0 Å². The highest BCUT2D eigenvalue weighted by atomic mass is 79.9. The minimum absolute atomic E-state index is 0. The predicted molar refractivity (Wildman–Crippen MR) is 71.8 cm³/mol. The van der Waals surface area contributed by atoms with Crippen molar-refractivity contribution in [1.82, 2.24) is 4.90 Å². The Morgan fingerprint density at radius 2 is 1.80 bits per heavy atom. The molecule has 0 aliphatic carbocycles. The molecule has 0 heterocycles. The second kappa shape index (κ2) is 6.80. The van der Waals surface area contributed by atoms with E-state index in [4.69, 9.17) is 0 Å². The topological polar surface area (TPSA) is 20.3 Å².